The van der Waals surface area contributed by atoms with Crippen LogP contribution in [0.1, 0.15) is 16.2 Å². The van der Waals surface area contributed by atoms with E-state index in [1.165, 1.54) is 4.80 Å². The van der Waals surface area contributed by atoms with E-state index in [1.807, 2.05) is 30.3 Å². The molecule has 0 N–H and O–H groups in total. The Hall–Kier alpha value is -3.35. The molecule has 3 aromatic rings. The first kappa shape index (κ1) is 14.3. The van der Waals surface area contributed by atoms with Crippen LogP contribution in [0.4, 0.5) is 0 Å². The Morgan fingerprint density at radius 3 is 2.71 bits per heavy atom. The van der Waals surface area contributed by atoms with Crippen molar-refractivity contribution in [2.45, 2.75) is 6.92 Å². The Balaban J connectivity index is 1.58. The van der Waals surface area contributed by atoms with Crippen molar-refractivity contribution in [2.24, 2.45) is 0 Å². The molecule has 4 rings (SSSR count). The summed E-state index contributed by atoms with van der Waals surface area (Å²) in [6.45, 7) is 1.87. The van der Waals surface area contributed by atoms with Crippen LogP contribution in [0.3, 0.4) is 0 Å². The third-order valence-corrected chi connectivity index (χ3v) is 3.52. The summed E-state index contributed by atoms with van der Waals surface area (Å²) in [5.41, 5.74) is 1.42. The van der Waals surface area contributed by atoms with Crippen LogP contribution >= 0.6 is 0 Å². The van der Waals surface area contributed by atoms with Crippen molar-refractivity contribution in [3.05, 3.63) is 59.9 Å². The van der Waals surface area contributed by atoms with Crippen LogP contribution in [-0.4, -0.2) is 27.8 Å². The summed E-state index contributed by atoms with van der Waals surface area (Å²) in [5, 5.41) is 8.49. The topological polar surface area (TPSA) is 75.5 Å². The number of benzene rings is 2. The molecule has 120 valence electrons. The second-order valence-corrected chi connectivity index (χ2v) is 5.16. The van der Waals surface area contributed by atoms with Crippen LogP contribution in [0.15, 0.2) is 48.5 Å². The van der Waals surface area contributed by atoms with Crippen molar-refractivity contribution in [1.29, 1.82) is 0 Å². The van der Waals surface area contributed by atoms with Gasteiger partial charge in [0.25, 0.3) is 0 Å². The zero-order valence-electron chi connectivity index (χ0n) is 12.8. The van der Waals surface area contributed by atoms with E-state index >= 15 is 0 Å². The van der Waals surface area contributed by atoms with Crippen LogP contribution in [0, 0.1) is 6.92 Å². The van der Waals surface area contributed by atoms with Gasteiger partial charge in [0, 0.05) is 6.07 Å². The Morgan fingerprint density at radius 1 is 1.08 bits per heavy atom. The number of fused-ring (bicyclic) bond motifs is 1. The van der Waals surface area contributed by atoms with Gasteiger partial charge in [0.2, 0.25) is 6.79 Å². The van der Waals surface area contributed by atoms with Gasteiger partial charge in [-0.25, -0.2) is 4.79 Å². The van der Waals surface area contributed by atoms with E-state index in [0.717, 1.165) is 5.69 Å². The second kappa shape index (κ2) is 5.69. The normalized spacial score (nSPS) is 12.2. The van der Waals surface area contributed by atoms with Crippen LogP contribution in [-0.2, 0) is 0 Å². The van der Waals surface area contributed by atoms with Gasteiger partial charge in [-0.2, -0.15) is 9.90 Å². The Kier molecular flexibility index (Phi) is 3.38. The third-order valence-electron chi connectivity index (χ3n) is 3.52. The maximum absolute atomic E-state index is 12.4. The summed E-state index contributed by atoms with van der Waals surface area (Å²) in [5.74, 6) is 0.956. The fourth-order valence-corrected chi connectivity index (χ4v) is 2.34. The number of ether oxygens (including phenoxy) is 3. The largest absolute Gasteiger partial charge is 0.454 e. The van der Waals surface area contributed by atoms with Gasteiger partial charge in [-0.1, -0.05) is 18.2 Å². The van der Waals surface area contributed by atoms with Crippen molar-refractivity contribution in [2.75, 3.05) is 6.79 Å². The molecule has 0 spiro atoms. The van der Waals surface area contributed by atoms with Crippen molar-refractivity contribution in [3.8, 4) is 22.9 Å². The highest BCUT2D eigenvalue weighted by atomic mass is 16.7. The molecular weight excluding hydrogens is 310 g/mol. The summed E-state index contributed by atoms with van der Waals surface area (Å²) in [6, 6.07) is 14.3. The minimum atomic E-state index is -0.575. The van der Waals surface area contributed by atoms with Crippen molar-refractivity contribution >= 4 is 5.97 Å². The zero-order chi connectivity index (χ0) is 16.5. The first-order valence-corrected chi connectivity index (χ1v) is 7.32. The Morgan fingerprint density at radius 2 is 1.88 bits per heavy atom. The monoisotopic (exact) mass is 323 g/mol. The van der Waals surface area contributed by atoms with E-state index in [1.54, 1.807) is 25.1 Å². The summed E-state index contributed by atoms with van der Waals surface area (Å²) >= 11 is 0. The van der Waals surface area contributed by atoms with Crippen LogP contribution in [0.2, 0.25) is 0 Å². The predicted octanol–water partition coefficient (Wildman–Crippen LogP) is 2.52. The van der Waals surface area contributed by atoms with Gasteiger partial charge in [0.05, 0.1) is 11.4 Å². The molecule has 1 aromatic heterocycles. The van der Waals surface area contributed by atoms with Crippen molar-refractivity contribution < 1.29 is 19.0 Å². The molecule has 1 aliphatic heterocycles. The molecular formula is C17H13N3O4. The highest BCUT2D eigenvalue weighted by Gasteiger charge is 2.20. The fraction of sp³-hybridized carbons (Fsp3) is 0.118. The number of hydrogen-bond acceptors (Lipinski definition) is 6. The standard InChI is InChI=1S/C17H13N3O4/c1-11-16(19-20(18-11)12-5-3-2-4-6-12)17(21)24-13-7-8-14-15(9-13)23-10-22-14/h2-9H,10H2,1H3. The molecule has 2 aromatic carbocycles. The molecule has 0 radical (unpaired) electrons. The van der Waals surface area contributed by atoms with Crippen molar-refractivity contribution in [1.82, 2.24) is 15.0 Å². The molecule has 0 amide bonds. The second-order valence-electron chi connectivity index (χ2n) is 5.16. The van der Waals surface area contributed by atoms with Gasteiger partial charge in [-0.3, -0.25) is 0 Å². The van der Waals surface area contributed by atoms with Gasteiger partial charge < -0.3 is 14.2 Å². The lowest BCUT2D eigenvalue weighted by molar-refractivity contribution is 0.0727. The number of carbonyl (C=O) groups is 1. The zero-order valence-corrected chi connectivity index (χ0v) is 12.8. The quantitative estimate of drug-likeness (QED) is 0.544. The first-order valence-electron chi connectivity index (χ1n) is 7.32. The molecule has 7 nitrogen and oxygen atoms in total. The number of para-hydroxylation sites is 1. The number of hydrogen-bond donors (Lipinski definition) is 0. The van der Waals surface area contributed by atoms with Gasteiger partial charge in [0.1, 0.15) is 5.75 Å². The van der Waals surface area contributed by atoms with E-state index < -0.39 is 5.97 Å². The molecule has 7 heteroatoms. The highest BCUT2D eigenvalue weighted by Crippen LogP contribution is 2.35. The molecule has 0 fully saturated rings. The van der Waals surface area contributed by atoms with E-state index in [2.05, 4.69) is 10.2 Å². The number of aromatic nitrogens is 3. The molecule has 0 saturated carbocycles. The fourth-order valence-electron chi connectivity index (χ4n) is 2.34. The molecule has 1 aliphatic rings. The summed E-state index contributed by atoms with van der Waals surface area (Å²) in [6.07, 6.45) is 0. The number of rotatable bonds is 3. The molecule has 0 aliphatic carbocycles. The smallest absolute Gasteiger partial charge is 0.366 e. The highest BCUT2D eigenvalue weighted by molar-refractivity contribution is 5.90. The lowest BCUT2D eigenvalue weighted by atomic mass is 10.3. The van der Waals surface area contributed by atoms with E-state index in [0.29, 0.717) is 22.9 Å². The lowest BCUT2D eigenvalue weighted by Crippen LogP contribution is -2.11. The number of nitrogens with zero attached hydrogens (tertiary/aromatic N) is 3. The molecule has 0 saturated heterocycles. The minimum Gasteiger partial charge on any atom is -0.454 e. The summed E-state index contributed by atoms with van der Waals surface area (Å²) in [4.78, 5) is 13.8. The van der Waals surface area contributed by atoms with Crippen LogP contribution in [0.5, 0.6) is 17.2 Å². The summed E-state index contributed by atoms with van der Waals surface area (Å²) in [7, 11) is 0. The maximum Gasteiger partial charge on any atom is 0.366 e. The Bertz CT molecular complexity index is 905. The van der Waals surface area contributed by atoms with E-state index in [9.17, 15) is 4.79 Å². The van der Waals surface area contributed by atoms with E-state index in [-0.39, 0.29) is 12.5 Å². The maximum atomic E-state index is 12.4. The van der Waals surface area contributed by atoms with Crippen LogP contribution in [0.25, 0.3) is 5.69 Å². The lowest BCUT2D eigenvalue weighted by Gasteiger charge is -2.03. The van der Waals surface area contributed by atoms with Crippen molar-refractivity contribution in [3.63, 3.8) is 0 Å². The first-order chi connectivity index (χ1) is 11.7. The van der Waals surface area contributed by atoms with Gasteiger partial charge in [-0.05, 0) is 31.2 Å². The van der Waals surface area contributed by atoms with Gasteiger partial charge >= 0.3 is 5.97 Å². The Labute approximate surface area is 137 Å². The molecule has 2 heterocycles. The number of carbonyl (C=O) groups excluding carboxylic acids is 1. The SMILES string of the molecule is Cc1nn(-c2ccccc2)nc1C(=O)Oc1ccc2c(c1)OCO2. The number of esters is 1. The molecule has 24 heavy (non-hydrogen) atoms. The average Bonchev–Trinajstić information content (AvgIpc) is 3.21. The van der Waals surface area contributed by atoms with E-state index in [4.69, 9.17) is 14.2 Å². The molecule has 0 atom stereocenters. The minimum absolute atomic E-state index is 0.163. The van der Waals surface area contributed by atoms with Gasteiger partial charge in [-0.15, -0.1) is 5.10 Å². The summed E-state index contributed by atoms with van der Waals surface area (Å²) < 4.78 is 15.9. The van der Waals surface area contributed by atoms with Gasteiger partial charge in [0.15, 0.2) is 17.2 Å². The number of aryl methyl sites for hydroxylation is 1. The molecule has 0 unspecified atom stereocenters. The third kappa shape index (κ3) is 2.56. The molecule has 0 bridgehead atoms. The van der Waals surface area contributed by atoms with Crippen LogP contribution < -0.4 is 14.2 Å². The predicted molar refractivity (Wildman–Crippen MR) is 83.6 cm³/mol. The average molecular weight is 323 g/mol.